The van der Waals surface area contributed by atoms with Gasteiger partial charge in [0.25, 0.3) is 0 Å². The molecule has 4 nitrogen and oxygen atoms in total. The minimum absolute atomic E-state index is 0.00118. The molecule has 2 atom stereocenters. The topological polar surface area (TPSA) is 53.2 Å². The molecular weight excluding hydrogens is 301 g/mol. The standard InChI is InChI=1S/C16H24FN3OS/c1-16(2,3)22-8-7-18-15(21)13-10-19-20-14(13)11-5-4-6-12(17)9-11/h4-6,9,13-14,19-20H,7-8,10H2,1-3H3,(H,18,21). The average Bonchev–Trinajstić information content (AvgIpc) is 2.92. The molecule has 1 amide bonds. The average molecular weight is 325 g/mol. The van der Waals surface area contributed by atoms with Crippen LogP contribution in [0.4, 0.5) is 4.39 Å². The number of hydrogen-bond acceptors (Lipinski definition) is 4. The van der Waals surface area contributed by atoms with E-state index in [1.807, 2.05) is 17.8 Å². The summed E-state index contributed by atoms with van der Waals surface area (Å²) >= 11 is 1.82. The summed E-state index contributed by atoms with van der Waals surface area (Å²) in [4.78, 5) is 12.3. The zero-order valence-electron chi connectivity index (χ0n) is 13.3. The Hall–Kier alpha value is -1.11. The lowest BCUT2D eigenvalue weighted by atomic mass is 9.94. The second kappa shape index (κ2) is 7.44. The fourth-order valence-corrected chi connectivity index (χ4v) is 3.24. The molecule has 1 saturated heterocycles. The number of carbonyl (C=O) groups excluding carboxylic acids is 1. The Bertz CT molecular complexity index is 518. The van der Waals surface area contributed by atoms with E-state index >= 15 is 0 Å². The van der Waals surface area contributed by atoms with Gasteiger partial charge in [-0.15, -0.1) is 0 Å². The summed E-state index contributed by atoms with van der Waals surface area (Å²) < 4.78 is 13.6. The van der Waals surface area contributed by atoms with Crippen LogP contribution in [0.2, 0.25) is 0 Å². The van der Waals surface area contributed by atoms with Crippen molar-refractivity contribution in [2.45, 2.75) is 31.6 Å². The first-order valence-corrected chi connectivity index (χ1v) is 8.51. The van der Waals surface area contributed by atoms with E-state index in [4.69, 9.17) is 0 Å². The van der Waals surface area contributed by atoms with Crippen molar-refractivity contribution in [2.75, 3.05) is 18.8 Å². The first-order valence-electron chi connectivity index (χ1n) is 7.52. The van der Waals surface area contributed by atoms with E-state index in [0.717, 1.165) is 11.3 Å². The van der Waals surface area contributed by atoms with Crippen molar-refractivity contribution in [3.05, 3.63) is 35.6 Å². The SMILES string of the molecule is CC(C)(C)SCCNC(=O)C1CNNC1c1cccc(F)c1. The van der Waals surface area contributed by atoms with Gasteiger partial charge >= 0.3 is 0 Å². The van der Waals surface area contributed by atoms with Gasteiger partial charge in [-0.3, -0.25) is 10.2 Å². The van der Waals surface area contributed by atoms with Crippen LogP contribution in [0.25, 0.3) is 0 Å². The highest BCUT2D eigenvalue weighted by molar-refractivity contribution is 8.00. The van der Waals surface area contributed by atoms with Crippen LogP contribution >= 0.6 is 11.8 Å². The molecule has 0 aliphatic carbocycles. The van der Waals surface area contributed by atoms with Gasteiger partial charge in [0.15, 0.2) is 0 Å². The molecule has 0 spiro atoms. The monoisotopic (exact) mass is 325 g/mol. The van der Waals surface area contributed by atoms with Gasteiger partial charge in [0.05, 0.1) is 12.0 Å². The minimum atomic E-state index is -0.285. The Labute approximate surface area is 135 Å². The summed E-state index contributed by atoms with van der Waals surface area (Å²) in [5.41, 5.74) is 6.85. The molecule has 122 valence electrons. The summed E-state index contributed by atoms with van der Waals surface area (Å²) in [6.07, 6.45) is 0. The number of thioether (sulfide) groups is 1. The first kappa shape index (κ1) is 17.2. The number of halogens is 1. The molecule has 1 fully saturated rings. The Morgan fingerprint density at radius 2 is 2.23 bits per heavy atom. The third-order valence-electron chi connectivity index (χ3n) is 3.46. The summed E-state index contributed by atoms with van der Waals surface area (Å²) in [6, 6.07) is 6.18. The largest absolute Gasteiger partial charge is 0.355 e. The predicted octanol–water partition coefficient (Wildman–Crippen LogP) is 2.24. The van der Waals surface area contributed by atoms with Gasteiger partial charge in [-0.1, -0.05) is 32.9 Å². The van der Waals surface area contributed by atoms with Crippen LogP contribution in [-0.4, -0.2) is 29.5 Å². The highest BCUT2D eigenvalue weighted by atomic mass is 32.2. The highest BCUT2D eigenvalue weighted by Gasteiger charge is 2.33. The minimum Gasteiger partial charge on any atom is -0.355 e. The number of nitrogens with one attached hydrogen (secondary N) is 3. The van der Waals surface area contributed by atoms with Crippen molar-refractivity contribution >= 4 is 17.7 Å². The van der Waals surface area contributed by atoms with Crippen LogP contribution in [0.5, 0.6) is 0 Å². The lowest BCUT2D eigenvalue weighted by Gasteiger charge is -2.20. The lowest BCUT2D eigenvalue weighted by molar-refractivity contribution is -0.124. The third kappa shape index (κ3) is 4.97. The number of rotatable bonds is 5. The molecule has 1 heterocycles. The molecule has 1 aliphatic rings. The van der Waals surface area contributed by atoms with Gasteiger partial charge in [0.2, 0.25) is 5.91 Å². The van der Waals surface area contributed by atoms with Crippen molar-refractivity contribution in [1.82, 2.24) is 16.2 Å². The lowest BCUT2D eigenvalue weighted by Crippen LogP contribution is -2.36. The molecule has 3 N–H and O–H groups in total. The number of amides is 1. The second-order valence-corrected chi connectivity index (χ2v) is 8.34. The quantitative estimate of drug-likeness (QED) is 0.727. The summed E-state index contributed by atoms with van der Waals surface area (Å²) in [5.74, 6) is 0.364. The van der Waals surface area contributed by atoms with E-state index in [-0.39, 0.29) is 28.4 Å². The number of hydrogen-bond donors (Lipinski definition) is 3. The van der Waals surface area contributed by atoms with E-state index in [2.05, 4.69) is 36.9 Å². The van der Waals surface area contributed by atoms with Crippen LogP contribution in [0.3, 0.4) is 0 Å². The molecule has 0 bridgehead atoms. The van der Waals surface area contributed by atoms with E-state index in [0.29, 0.717) is 13.1 Å². The van der Waals surface area contributed by atoms with Crippen LogP contribution in [0.15, 0.2) is 24.3 Å². The fourth-order valence-electron chi connectivity index (χ4n) is 2.42. The number of hydrazine groups is 1. The highest BCUT2D eigenvalue weighted by Crippen LogP contribution is 2.26. The van der Waals surface area contributed by atoms with Crippen LogP contribution in [-0.2, 0) is 4.79 Å². The van der Waals surface area contributed by atoms with Crippen molar-refractivity contribution in [2.24, 2.45) is 5.92 Å². The van der Waals surface area contributed by atoms with Crippen molar-refractivity contribution < 1.29 is 9.18 Å². The van der Waals surface area contributed by atoms with Gasteiger partial charge in [0, 0.05) is 23.6 Å². The Balaban J connectivity index is 1.89. The third-order valence-corrected chi connectivity index (χ3v) is 4.74. The second-order valence-electron chi connectivity index (χ2n) is 6.42. The van der Waals surface area contributed by atoms with Gasteiger partial charge in [0.1, 0.15) is 5.82 Å². The molecular formula is C16H24FN3OS. The van der Waals surface area contributed by atoms with E-state index in [9.17, 15) is 9.18 Å². The van der Waals surface area contributed by atoms with Crippen molar-refractivity contribution in [3.8, 4) is 0 Å². The zero-order valence-corrected chi connectivity index (χ0v) is 14.1. The van der Waals surface area contributed by atoms with Crippen molar-refractivity contribution in [1.29, 1.82) is 0 Å². The van der Waals surface area contributed by atoms with E-state index in [1.165, 1.54) is 12.1 Å². The Morgan fingerprint density at radius 3 is 2.91 bits per heavy atom. The summed E-state index contributed by atoms with van der Waals surface area (Å²) in [7, 11) is 0. The van der Waals surface area contributed by atoms with E-state index in [1.54, 1.807) is 6.07 Å². The van der Waals surface area contributed by atoms with Crippen LogP contribution in [0, 0.1) is 11.7 Å². The van der Waals surface area contributed by atoms with Crippen LogP contribution < -0.4 is 16.2 Å². The predicted molar refractivity (Wildman–Crippen MR) is 89.0 cm³/mol. The molecule has 0 aromatic heterocycles. The van der Waals surface area contributed by atoms with Gasteiger partial charge in [-0.2, -0.15) is 11.8 Å². The van der Waals surface area contributed by atoms with Crippen LogP contribution in [0.1, 0.15) is 32.4 Å². The van der Waals surface area contributed by atoms with E-state index < -0.39 is 0 Å². The maximum absolute atomic E-state index is 13.4. The molecule has 1 aliphatic heterocycles. The molecule has 2 rings (SSSR count). The molecule has 6 heteroatoms. The fraction of sp³-hybridized carbons (Fsp3) is 0.562. The van der Waals surface area contributed by atoms with Gasteiger partial charge in [-0.25, -0.2) is 9.82 Å². The zero-order chi connectivity index (χ0) is 16.2. The summed E-state index contributed by atoms with van der Waals surface area (Å²) in [5, 5.41) is 2.98. The van der Waals surface area contributed by atoms with Crippen molar-refractivity contribution in [3.63, 3.8) is 0 Å². The Morgan fingerprint density at radius 1 is 1.45 bits per heavy atom. The molecule has 2 unspecified atom stereocenters. The number of benzene rings is 1. The Kier molecular flexibility index (Phi) is 5.83. The molecule has 0 radical (unpaired) electrons. The smallest absolute Gasteiger partial charge is 0.226 e. The molecule has 1 aromatic carbocycles. The maximum Gasteiger partial charge on any atom is 0.226 e. The molecule has 22 heavy (non-hydrogen) atoms. The summed E-state index contributed by atoms with van der Waals surface area (Å²) in [6.45, 7) is 7.66. The normalized spacial score (nSPS) is 21.8. The molecule has 1 aromatic rings. The number of carbonyl (C=O) groups is 1. The van der Waals surface area contributed by atoms with Gasteiger partial charge < -0.3 is 5.32 Å². The van der Waals surface area contributed by atoms with Gasteiger partial charge in [-0.05, 0) is 17.7 Å². The maximum atomic E-state index is 13.4. The first-order chi connectivity index (χ1) is 10.4. The molecule has 0 saturated carbocycles.